The summed E-state index contributed by atoms with van der Waals surface area (Å²) < 4.78 is 19.7. The molecule has 0 aliphatic rings. The molecule has 0 fully saturated rings. The molecule has 0 aliphatic carbocycles. The molecular formula is C15H31O3Si4. The first-order chi connectivity index (χ1) is 9.94. The van der Waals surface area contributed by atoms with Gasteiger partial charge in [0.05, 0.1) is 8.80 Å². The lowest BCUT2D eigenvalue weighted by atomic mass is 10.4. The van der Waals surface area contributed by atoms with Crippen molar-refractivity contribution in [3.63, 3.8) is 0 Å². The fourth-order valence-corrected chi connectivity index (χ4v) is 13.1. The van der Waals surface area contributed by atoms with Gasteiger partial charge in [0.15, 0.2) is 16.6 Å². The molecule has 0 aliphatic heterocycles. The van der Waals surface area contributed by atoms with Gasteiger partial charge in [-0.15, -0.1) is 0 Å². The first-order valence-corrected chi connectivity index (χ1v) is 19.1. The van der Waals surface area contributed by atoms with E-state index in [0.29, 0.717) is 0 Å². The number of benzene rings is 1. The van der Waals surface area contributed by atoms with Crippen LogP contribution in [0.5, 0.6) is 0 Å². The summed E-state index contributed by atoms with van der Waals surface area (Å²) in [7, 11) is -6.96. The average Bonchev–Trinajstić information content (AvgIpc) is 2.33. The summed E-state index contributed by atoms with van der Waals surface area (Å²) in [5.41, 5.74) is 0. The highest BCUT2D eigenvalue weighted by molar-refractivity contribution is 6.91. The predicted octanol–water partition coefficient (Wildman–Crippen LogP) is 3.85. The lowest BCUT2D eigenvalue weighted by Crippen LogP contribution is -2.65. The lowest BCUT2D eigenvalue weighted by Gasteiger charge is -2.39. The largest absolute Gasteiger partial charge is 0.515 e. The Bertz CT molecular complexity index is 436. The SMILES string of the molecule is C[Si](C)CO[Si](O[Si](C)(C)C)(O[Si](C)(C)C)c1ccccc1. The molecule has 0 atom stereocenters. The molecule has 0 saturated heterocycles. The minimum atomic E-state index is -2.86. The molecule has 3 nitrogen and oxygen atoms in total. The molecule has 22 heavy (non-hydrogen) atoms. The molecule has 1 radical (unpaired) electrons. The van der Waals surface area contributed by atoms with E-state index in [-0.39, 0.29) is 0 Å². The van der Waals surface area contributed by atoms with Crippen molar-refractivity contribution in [2.45, 2.75) is 52.4 Å². The standard InChI is InChI=1S/C15H31O3Si4/c1-19(2)14-16-22(17-20(3,4)5,18-21(6,7)8)15-12-10-9-11-13-15/h9-13H,14H2,1-8H3. The summed E-state index contributed by atoms with van der Waals surface area (Å²) in [5, 5.41) is 1.10. The molecule has 0 spiro atoms. The summed E-state index contributed by atoms with van der Waals surface area (Å²) in [6, 6.07) is 10.3. The van der Waals surface area contributed by atoms with Crippen LogP contribution in [-0.4, -0.2) is 40.5 Å². The van der Waals surface area contributed by atoms with Crippen LogP contribution in [0.4, 0.5) is 0 Å². The van der Waals surface area contributed by atoms with E-state index < -0.39 is 34.2 Å². The topological polar surface area (TPSA) is 27.7 Å². The molecule has 0 aromatic heterocycles. The number of rotatable bonds is 8. The van der Waals surface area contributed by atoms with E-state index in [1.807, 2.05) is 18.2 Å². The third kappa shape index (κ3) is 7.03. The van der Waals surface area contributed by atoms with Crippen LogP contribution in [0.1, 0.15) is 0 Å². The molecule has 1 rings (SSSR count). The zero-order chi connectivity index (χ0) is 17.0. The van der Waals surface area contributed by atoms with Crippen molar-refractivity contribution in [3.05, 3.63) is 30.3 Å². The molecule has 1 aromatic rings. The Morgan fingerprint density at radius 3 is 1.64 bits per heavy atom. The Labute approximate surface area is 141 Å². The second-order valence-corrected chi connectivity index (χ2v) is 22.6. The Balaban J connectivity index is 3.28. The monoisotopic (exact) mass is 371 g/mol. The van der Waals surface area contributed by atoms with Gasteiger partial charge in [-0.3, -0.25) is 0 Å². The van der Waals surface area contributed by atoms with E-state index in [1.165, 1.54) is 0 Å². The van der Waals surface area contributed by atoms with Crippen LogP contribution in [0, 0.1) is 0 Å². The van der Waals surface area contributed by atoms with E-state index in [0.717, 1.165) is 11.4 Å². The molecule has 1 aromatic carbocycles. The van der Waals surface area contributed by atoms with Crippen molar-refractivity contribution in [1.82, 2.24) is 0 Å². The number of hydrogen-bond acceptors (Lipinski definition) is 3. The van der Waals surface area contributed by atoms with Gasteiger partial charge in [-0.25, -0.2) is 0 Å². The third-order valence-electron chi connectivity index (χ3n) is 2.56. The molecule has 0 bridgehead atoms. The van der Waals surface area contributed by atoms with Crippen LogP contribution in [0.2, 0.25) is 52.4 Å². The Morgan fingerprint density at radius 1 is 0.818 bits per heavy atom. The molecule has 0 unspecified atom stereocenters. The maximum Gasteiger partial charge on any atom is 0.515 e. The fraction of sp³-hybridized carbons (Fsp3) is 0.600. The van der Waals surface area contributed by atoms with E-state index in [1.54, 1.807) is 0 Å². The summed E-state index contributed by atoms with van der Waals surface area (Å²) in [6.45, 7) is 17.8. The lowest BCUT2D eigenvalue weighted by molar-refractivity contribution is 0.204. The maximum absolute atomic E-state index is 6.62. The Hall–Kier alpha value is -0.0325. The van der Waals surface area contributed by atoms with Gasteiger partial charge in [-0.1, -0.05) is 43.4 Å². The molecular weight excluding hydrogens is 341 g/mol. The Kier molecular flexibility index (Phi) is 7.00. The van der Waals surface area contributed by atoms with Crippen LogP contribution >= 0.6 is 0 Å². The normalized spacial score (nSPS) is 13.7. The van der Waals surface area contributed by atoms with Gasteiger partial charge in [-0.05, 0) is 39.3 Å². The van der Waals surface area contributed by atoms with Gasteiger partial charge < -0.3 is 12.7 Å². The third-order valence-corrected chi connectivity index (χ3v) is 12.2. The van der Waals surface area contributed by atoms with E-state index in [9.17, 15) is 0 Å². The van der Waals surface area contributed by atoms with Gasteiger partial charge >= 0.3 is 8.80 Å². The minimum absolute atomic E-state index is 0.501. The summed E-state index contributed by atoms with van der Waals surface area (Å²) in [4.78, 5) is 0. The second kappa shape index (κ2) is 7.69. The molecule has 0 saturated carbocycles. The van der Waals surface area contributed by atoms with Crippen molar-refractivity contribution >= 4 is 39.4 Å². The van der Waals surface area contributed by atoms with Crippen molar-refractivity contribution < 1.29 is 12.7 Å². The van der Waals surface area contributed by atoms with E-state index >= 15 is 0 Å². The zero-order valence-electron chi connectivity index (χ0n) is 15.3. The minimum Gasteiger partial charge on any atom is -0.413 e. The van der Waals surface area contributed by atoms with Crippen LogP contribution < -0.4 is 5.19 Å². The molecule has 7 heteroatoms. The van der Waals surface area contributed by atoms with Gasteiger partial charge in [0.1, 0.15) is 0 Å². The molecule has 0 N–H and O–H groups in total. The van der Waals surface area contributed by atoms with E-state index in [2.05, 4.69) is 64.5 Å². The summed E-state index contributed by atoms with van der Waals surface area (Å²) in [5.74, 6) is 0. The van der Waals surface area contributed by atoms with Crippen LogP contribution in [0.3, 0.4) is 0 Å². The van der Waals surface area contributed by atoms with Gasteiger partial charge in [-0.2, -0.15) is 0 Å². The highest BCUT2D eigenvalue weighted by Gasteiger charge is 2.49. The summed E-state index contributed by atoms with van der Waals surface area (Å²) >= 11 is 0. The first kappa shape index (κ1) is 20.0. The van der Waals surface area contributed by atoms with Crippen molar-refractivity contribution in [2.75, 3.05) is 6.23 Å². The quantitative estimate of drug-likeness (QED) is 0.650. The fourth-order valence-electron chi connectivity index (χ4n) is 1.97. The molecule has 0 amide bonds. The molecule has 0 heterocycles. The van der Waals surface area contributed by atoms with Crippen molar-refractivity contribution in [3.8, 4) is 0 Å². The van der Waals surface area contributed by atoms with E-state index in [4.69, 9.17) is 12.7 Å². The first-order valence-electron chi connectivity index (χ1n) is 7.82. The van der Waals surface area contributed by atoms with Crippen molar-refractivity contribution in [2.24, 2.45) is 0 Å². The van der Waals surface area contributed by atoms with Crippen LogP contribution in [-0.2, 0) is 12.7 Å². The highest BCUT2D eigenvalue weighted by Crippen LogP contribution is 2.22. The smallest absolute Gasteiger partial charge is 0.413 e. The summed E-state index contributed by atoms with van der Waals surface area (Å²) in [6.07, 6.45) is 0.765. The van der Waals surface area contributed by atoms with Gasteiger partial charge in [0.25, 0.3) is 0 Å². The van der Waals surface area contributed by atoms with Gasteiger partial charge in [0.2, 0.25) is 0 Å². The van der Waals surface area contributed by atoms with Gasteiger partial charge in [0, 0.05) is 11.4 Å². The maximum atomic E-state index is 6.62. The average molecular weight is 372 g/mol. The van der Waals surface area contributed by atoms with Crippen molar-refractivity contribution in [1.29, 1.82) is 0 Å². The number of hydrogen-bond donors (Lipinski definition) is 0. The highest BCUT2D eigenvalue weighted by atomic mass is 28.5. The predicted molar refractivity (Wildman–Crippen MR) is 104 cm³/mol. The zero-order valence-corrected chi connectivity index (χ0v) is 19.3. The molecule has 125 valence electrons. The van der Waals surface area contributed by atoms with Crippen LogP contribution in [0.25, 0.3) is 0 Å². The Morgan fingerprint density at radius 2 is 1.27 bits per heavy atom. The van der Waals surface area contributed by atoms with Crippen LogP contribution in [0.15, 0.2) is 30.3 Å². The second-order valence-electron chi connectivity index (χ2n) is 7.85.